The molecule has 0 unspecified atom stereocenters. The zero-order chi connectivity index (χ0) is 22.6. The van der Waals surface area contributed by atoms with Gasteiger partial charge in [0.15, 0.2) is 4.90 Å². The van der Waals surface area contributed by atoms with Crippen LogP contribution in [0.1, 0.15) is 26.3 Å². The Balaban J connectivity index is 1.97. The minimum atomic E-state index is -4.67. The number of amides is 2. The molecule has 160 valence electrons. The van der Waals surface area contributed by atoms with Crippen LogP contribution >= 0.6 is 0 Å². The van der Waals surface area contributed by atoms with Gasteiger partial charge in [-0.15, -0.1) is 0 Å². The topological polar surface area (TPSA) is 161 Å². The molecule has 2 amide bonds. The van der Waals surface area contributed by atoms with E-state index < -0.39 is 38.0 Å². The summed E-state index contributed by atoms with van der Waals surface area (Å²) in [6.45, 7) is 1.80. The Morgan fingerprint density at radius 3 is 2.19 bits per heavy atom. The largest absolute Gasteiger partial charge is 0.325 e. The van der Waals surface area contributed by atoms with E-state index in [1.807, 2.05) is 9.82 Å². The summed E-state index contributed by atoms with van der Waals surface area (Å²) in [5, 5.41) is 0.361. The molecule has 3 rings (SSSR count). The molecule has 2 aromatic carbocycles. The van der Waals surface area contributed by atoms with Crippen LogP contribution in [0.5, 0.6) is 0 Å². The third-order valence-corrected chi connectivity index (χ3v) is 5.34. The van der Waals surface area contributed by atoms with Gasteiger partial charge in [-0.3, -0.25) is 19.4 Å². The Labute approximate surface area is 175 Å². The summed E-state index contributed by atoms with van der Waals surface area (Å²) in [4.78, 5) is 53.3. The molecule has 0 bridgehead atoms. The molecule has 0 fully saturated rings. The first-order chi connectivity index (χ1) is 14.7. The summed E-state index contributed by atoms with van der Waals surface area (Å²) < 4.78 is 25.4. The Kier molecular flexibility index (Phi) is 6.13. The highest BCUT2D eigenvalue weighted by Crippen LogP contribution is 2.08. The monoisotopic (exact) mass is 443 g/mol. The standard InChI is InChI=1S/C19H17N5O6S/c1-12-7-9-14(10-8-12)18(27)24(22-16(25)13-5-3-2-4-6-13)23-31(29,30)15-11-20-19(28)21-17(15)26/h2-11,23H,1H3,(H,22,25)(H2,20,21,26,28). The lowest BCUT2D eigenvalue weighted by Gasteiger charge is -2.23. The van der Waals surface area contributed by atoms with E-state index in [0.29, 0.717) is 11.3 Å². The number of aromatic nitrogens is 2. The minimum Gasteiger partial charge on any atom is -0.313 e. The third-order valence-electron chi connectivity index (χ3n) is 4.04. The molecule has 0 spiro atoms. The van der Waals surface area contributed by atoms with E-state index in [1.54, 1.807) is 42.2 Å². The highest BCUT2D eigenvalue weighted by molar-refractivity contribution is 7.89. The summed E-state index contributed by atoms with van der Waals surface area (Å²) in [5.41, 5.74) is 1.15. The minimum absolute atomic E-state index is 0.0667. The van der Waals surface area contributed by atoms with Gasteiger partial charge in [-0.05, 0) is 31.2 Å². The van der Waals surface area contributed by atoms with Crippen molar-refractivity contribution >= 4 is 21.8 Å². The van der Waals surface area contributed by atoms with Crippen LogP contribution in [-0.4, -0.2) is 35.3 Å². The van der Waals surface area contributed by atoms with E-state index in [-0.39, 0.29) is 11.1 Å². The van der Waals surface area contributed by atoms with Gasteiger partial charge < -0.3 is 4.98 Å². The maximum Gasteiger partial charge on any atom is 0.325 e. The van der Waals surface area contributed by atoms with Crippen molar-refractivity contribution in [2.45, 2.75) is 11.8 Å². The molecule has 0 aliphatic rings. The lowest BCUT2D eigenvalue weighted by atomic mass is 10.1. The summed E-state index contributed by atoms with van der Waals surface area (Å²) in [6.07, 6.45) is 0.678. The van der Waals surface area contributed by atoms with Crippen LogP contribution in [0.25, 0.3) is 0 Å². The molecule has 0 saturated heterocycles. The van der Waals surface area contributed by atoms with Crippen molar-refractivity contribution in [1.82, 2.24) is 25.3 Å². The van der Waals surface area contributed by atoms with E-state index >= 15 is 0 Å². The molecular weight excluding hydrogens is 426 g/mol. The van der Waals surface area contributed by atoms with Crippen LogP contribution < -0.4 is 21.5 Å². The molecule has 11 nitrogen and oxygen atoms in total. The number of H-pyrrole nitrogens is 2. The molecule has 0 saturated carbocycles. The Morgan fingerprint density at radius 2 is 1.58 bits per heavy atom. The van der Waals surface area contributed by atoms with E-state index in [1.165, 1.54) is 24.3 Å². The molecule has 3 aromatic rings. The first-order valence-electron chi connectivity index (χ1n) is 8.79. The van der Waals surface area contributed by atoms with Gasteiger partial charge in [0.1, 0.15) is 0 Å². The number of aryl methyl sites for hydroxylation is 1. The summed E-state index contributed by atoms with van der Waals surface area (Å²) in [5.74, 6) is -1.69. The quantitative estimate of drug-likeness (QED) is 0.408. The number of nitrogens with zero attached hydrogens (tertiary/aromatic N) is 1. The molecule has 0 atom stereocenters. The van der Waals surface area contributed by atoms with Gasteiger partial charge in [0.2, 0.25) is 0 Å². The van der Waals surface area contributed by atoms with Crippen LogP contribution in [0, 0.1) is 6.92 Å². The van der Waals surface area contributed by atoms with Gasteiger partial charge in [-0.2, -0.15) is 5.12 Å². The van der Waals surface area contributed by atoms with Gasteiger partial charge in [0.05, 0.1) is 0 Å². The second kappa shape index (κ2) is 8.77. The number of hydrazine groups is 2. The molecule has 4 N–H and O–H groups in total. The number of sulfonamides is 1. The van der Waals surface area contributed by atoms with Crippen molar-refractivity contribution in [3.05, 3.63) is 98.3 Å². The fourth-order valence-corrected chi connectivity index (χ4v) is 3.44. The van der Waals surface area contributed by atoms with Gasteiger partial charge in [-0.1, -0.05) is 40.7 Å². The Bertz CT molecular complexity index is 1330. The summed E-state index contributed by atoms with van der Waals surface area (Å²) in [6, 6.07) is 13.9. The van der Waals surface area contributed by atoms with E-state index in [4.69, 9.17) is 0 Å². The smallest absolute Gasteiger partial charge is 0.313 e. The second-order valence-electron chi connectivity index (χ2n) is 6.34. The van der Waals surface area contributed by atoms with Gasteiger partial charge in [0, 0.05) is 17.3 Å². The van der Waals surface area contributed by atoms with Crippen molar-refractivity contribution in [2.75, 3.05) is 0 Å². The number of hydrogen-bond acceptors (Lipinski definition) is 6. The second-order valence-corrected chi connectivity index (χ2v) is 7.97. The first kappa shape index (κ1) is 21.7. The number of aromatic amines is 2. The molecule has 31 heavy (non-hydrogen) atoms. The van der Waals surface area contributed by atoms with Gasteiger partial charge >= 0.3 is 5.69 Å². The lowest BCUT2D eigenvalue weighted by molar-refractivity contribution is 0.0533. The Morgan fingerprint density at radius 1 is 0.935 bits per heavy atom. The zero-order valence-electron chi connectivity index (χ0n) is 16.1. The van der Waals surface area contributed by atoms with Crippen molar-refractivity contribution in [3.63, 3.8) is 0 Å². The number of carbonyl (C=O) groups excluding carboxylic acids is 2. The van der Waals surface area contributed by atoms with E-state index in [2.05, 4.69) is 5.43 Å². The molecule has 1 heterocycles. The van der Waals surface area contributed by atoms with Crippen molar-refractivity contribution < 1.29 is 18.0 Å². The van der Waals surface area contributed by atoms with Crippen molar-refractivity contribution in [3.8, 4) is 0 Å². The van der Waals surface area contributed by atoms with Gasteiger partial charge in [-0.25, -0.2) is 18.6 Å². The maximum atomic E-state index is 12.9. The van der Waals surface area contributed by atoms with Crippen LogP contribution in [-0.2, 0) is 10.0 Å². The first-order valence-corrected chi connectivity index (χ1v) is 10.3. The molecule has 0 aliphatic carbocycles. The van der Waals surface area contributed by atoms with Crippen LogP contribution in [0.3, 0.4) is 0 Å². The van der Waals surface area contributed by atoms with Crippen molar-refractivity contribution in [2.24, 2.45) is 0 Å². The van der Waals surface area contributed by atoms with Crippen LogP contribution in [0.15, 0.2) is 75.3 Å². The van der Waals surface area contributed by atoms with E-state index in [0.717, 1.165) is 5.56 Å². The Hall–Kier alpha value is -4.03. The normalized spacial score (nSPS) is 11.0. The molecule has 0 radical (unpaired) electrons. The highest BCUT2D eigenvalue weighted by atomic mass is 32.2. The predicted molar refractivity (Wildman–Crippen MR) is 109 cm³/mol. The van der Waals surface area contributed by atoms with Crippen LogP contribution in [0.2, 0.25) is 0 Å². The van der Waals surface area contributed by atoms with Gasteiger partial charge in [0.25, 0.3) is 27.4 Å². The number of benzene rings is 2. The van der Waals surface area contributed by atoms with Crippen molar-refractivity contribution in [1.29, 1.82) is 0 Å². The molecule has 0 aliphatic heterocycles. The fraction of sp³-hybridized carbons (Fsp3) is 0.0526. The number of carbonyl (C=O) groups is 2. The number of rotatable bonds is 5. The molecule has 12 heteroatoms. The SMILES string of the molecule is Cc1ccc(C(=O)N(NC(=O)c2ccccc2)NS(=O)(=O)c2c[nH]c(=O)[nH]c2=O)cc1. The zero-order valence-corrected chi connectivity index (χ0v) is 16.9. The lowest BCUT2D eigenvalue weighted by Crippen LogP contribution is -2.56. The number of hydrogen-bond donors (Lipinski definition) is 4. The maximum absolute atomic E-state index is 12.9. The molecule has 1 aromatic heterocycles. The summed E-state index contributed by atoms with van der Waals surface area (Å²) in [7, 11) is -4.67. The fourth-order valence-electron chi connectivity index (χ4n) is 2.46. The third kappa shape index (κ3) is 5.12. The average Bonchev–Trinajstić information content (AvgIpc) is 2.73. The predicted octanol–water partition coefficient (Wildman–Crippen LogP) is 0.0523. The highest BCUT2D eigenvalue weighted by Gasteiger charge is 2.27. The average molecular weight is 443 g/mol. The summed E-state index contributed by atoms with van der Waals surface area (Å²) >= 11 is 0. The molecular formula is C19H17N5O6S. The number of nitrogens with one attached hydrogen (secondary N) is 4. The van der Waals surface area contributed by atoms with E-state index in [9.17, 15) is 27.6 Å². The van der Waals surface area contributed by atoms with Crippen LogP contribution in [0.4, 0.5) is 0 Å².